The lowest BCUT2D eigenvalue weighted by molar-refractivity contribution is 0.102. The number of amides is 1. The maximum atomic E-state index is 13.7. The molecule has 3 N–H and O–H groups in total. The fourth-order valence-electron chi connectivity index (χ4n) is 1.85. The van der Waals surface area contributed by atoms with Crippen LogP contribution in [0.1, 0.15) is 21.5 Å². The number of para-hydroxylation sites is 1. The van der Waals surface area contributed by atoms with Gasteiger partial charge in [0.15, 0.2) is 0 Å². The number of anilines is 2. The number of hydrogen-bond acceptors (Lipinski definition) is 2. The number of nitrogen functional groups attached to an aromatic ring is 1. The van der Waals surface area contributed by atoms with Crippen molar-refractivity contribution in [1.29, 1.82) is 0 Å². The van der Waals surface area contributed by atoms with Crippen LogP contribution in [0.4, 0.5) is 15.8 Å². The third kappa shape index (κ3) is 2.73. The molecule has 0 aliphatic heterocycles. The molecule has 0 saturated carbocycles. The van der Waals surface area contributed by atoms with Crippen LogP contribution in [0, 0.1) is 19.7 Å². The largest absolute Gasteiger partial charge is 0.397 e. The lowest BCUT2D eigenvalue weighted by atomic mass is 10.1. The molecule has 1 amide bonds. The molecule has 3 nitrogen and oxygen atoms in total. The molecule has 0 radical (unpaired) electrons. The Balaban J connectivity index is 2.31. The number of benzene rings is 2. The molecule has 0 fully saturated rings. The van der Waals surface area contributed by atoms with Gasteiger partial charge in [-0.3, -0.25) is 4.79 Å². The minimum absolute atomic E-state index is 0.00764. The van der Waals surface area contributed by atoms with Crippen molar-refractivity contribution in [1.82, 2.24) is 0 Å². The van der Waals surface area contributed by atoms with Gasteiger partial charge in [0, 0.05) is 0 Å². The molecule has 4 heteroatoms. The van der Waals surface area contributed by atoms with E-state index in [1.165, 1.54) is 12.1 Å². The quantitative estimate of drug-likeness (QED) is 0.812. The minimum Gasteiger partial charge on any atom is -0.397 e. The van der Waals surface area contributed by atoms with Crippen molar-refractivity contribution in [3.63, 3.8) is 0 Å². The maximum absolute atomic E-state index is 13.7. The first kappa shape index (κ1) is 13.1. The van der Waals surface area contributed by atoms with E-state index in [0.717, 1.165) is 11.1 Å². The summed E-state index contributed by atoms with van der Waals surface area (Å²) in [5, 5.41) is 2.65. The van der Waals surface area contributed by atoms with E-state index in [9.17, 15) is 9.18 Å². The average Bonchev–Trinajstić information content (AvgIpc) is 2.33. The molecule has 98 valence electrons. The zero-order chi connectivity index (χ0) is 14.0. The van der Waals surface area contributed by atoms with Crippen LogP contribution in [-0.2, 0) is 0 Å². The predicted molar refractivity (Wildman–Crippen MR) is 74.7 cm³/mol. The van der Waals surface area contributed by atoms with E-state index in [-0.39, 0.29) is 5.56 Å². The van der Waals surface area contributed by atoms with Crippen LogP contribution >= 0.6 is 0 Å². The number of hydrogen-bond donors (Lipinski definition) is 2. The van der Waals surface area contributed by atoms with Gasteiger partial charge in [-0.1, -0.05) is 18.2 Å². The van der Waals surface area contributed by atoms with Crippen molar-refractivity contribution in [2.45, 2.75) is 13.8 Å². The number of rotatable bonds is 2. The summed E-state index contributed by atoms with van der Waals surface area (Å²) in [4.78, 5) is 12.0. The average molecular weight is 258 g/mol. The van der Waals surface area contributed by atoms with E-state index >= 15 is 0 Å². The molecule has 0 heterocycles. The van der Waals surface area contributed by atoms with Crippen LogP contribution < -0.4 is 11.1 Å². The number of halogens is 1. The third-order valence-corrected chi connectivity index (χ3v) is 2.91. The maximum Gasteiger partial charge on any atom is 0.258 e. The van der Waals surface area contributed by atoms with E-state index < -0.39 is 11.7 Å². The highest BCUT2D eigenvalue weighted by atomic mass is 19.1. The highest BCUT2D eigenvalue weighted by molar-refractivity contribution is 6.06. The Morgan fingerprint density at radius 1 is 1.21 bits per heavy atom. The standard InChI is InChI=1S/C15H15FN2O/c1-9-6-7-11(12(16)8-9)15(19)18-14-10(2)4-3-5-13(14)17/h3-8H,17H2,1-2H3,(H,18,19). The highest BCUT2D eigenvalue weighted by Gasteiger charge is 2.14. The number of carbonyl (C=O) groups excluding carboxylic acids is 1. The Bertz CT molecular complexity index is 618. The minimum atomic E-state index is -0.537. The van der Waals surface area contributed by atoms with Crippen molar-refractivity contribution in [2.24, 2.45) is 0 Å². The molecule has 2 aromatic carbocycles. The molecule has 2 rings (SSSR count). The second kappa shape index (κ2) is 5.10. The van der Waals surface area contributed by atoms with Gasteiger partial charge in [0.2, 0.25) is 0 Å². The molecule has 0 saturated heterocycles. The Morgan fingerprint density at radius 2 is 1.95 bits per heavy atom. The molecule has 0 aromatic heterocycles. The molecule has 2 aromatic rings. The van der Waals surface area contributed by atoms with E-state index in [0.29, 0.717) is 11.4 Å². The van der Waals surface area contributed by atoms with Crippen molar-refractivity contribution < 1.29 is 9.18 Å². The summed E-state index contributed by atoms with van der Waals surface area (Å²) in [6, 6.07) is 9.81. The normalized spacial score (nSPS) is 10.3. The summed E-state index contributed by atoms with van der Waals surface area (Å²) in [5.74, 6) is -1.04. The summed E-state index contributed by atoms with van der Waals surface area (Å²) in [6.45, 7) is 3.60. The first-order valence-electron chi connectivity index (χ1n) is 5.91. The van der Waals surface area contributed by atoms with Crippen molar-refractivity contribution in [2.75, 3.05) is 11.1 Å². The topological polar surface area (TPSA) is 55.1 Å². The highest BCUT2D eigenvalue weighted by Crippen LogP contribution is 2.23. The summed E-state index contributed by atoms with van der Waals surface area (Å²) < 4.78 is 13.7. The summed E-state index contributed by atoms with van der Waals surface area (Å²) in [7, 11) is 0. The van der Waals surface area contributed by atoms with Crippen molar-refractivity contribution in [3.8, 4) is 0 Å². The molecule has 0 bridgehead atoms. The molecule has 0 unspecified atom stereocenters. The van der Waals surface area contributed by atoms with Crippen LogP contribution in [0.2, 0.25) is 0 Å². The number of nitrogens with two attached hydrogens (primary N) is 1. The van der Waals surface area contributed by atoms with Gasteiger partial charge < -0.3 is 11.1 Å². The number of aryl methyl sites for hydroxylation is 2. The van der Waals surface area contributed by atoms with Crippen molar-refractivity contribution >= 4 is 17.3 Å². The van der Waals surface area contributed by atoms with Gasteiger partial charge in [0.05, 0.1) is 16.9 Å². The summed E-state index contributed by atoms with van der Waals surface area (Å²) in [5.41, 5.74) is 8.39. The van der Waals surface area contributed by atoms with E-state index in [1.54, 1.807) is 25.1 Å². The molecule has 0 spiro atoms. The monoisotopic (exact) mass is 258 g/mol. The van der Waals surface area contributed by atoms with Crippen molar-refractivity contribution in [3.05, 3.63) is 58.9 Å². The first-order chi connectivity index (χ1) is 8.99. The molecule has 0 atom stereocenters. The summed E-state index contributed by atoms with van der Waals surface area (Å²) in [6.07, 6.45) is 0. The van der Waals surface area contributed by atoms with E-state index in [1.807, 2.05) is 13.0 Å². The van der Waals surface area contributed by atoms with Crippen LogP contribution in [0.5, 0.6) is 0 Å². The van der Waals surface area contributed by atoms with Crippen LogP contribution in [0.3, 0.4) is 0 Å². The Morgan fingerprint density at radius 3 is 2.58 bits per heavy atom. The van der Waals surface area contributed by atoms with Gasteiger partial charge in [0.25, 0.3) is 5.91 Å². The van der Waals surface area contributed by atoms with E-state index in [2.05, 4.69) is 5.32 Å². The van der Waals surface area contributed by atoms with E-state index in [4.69, 9.17) is 5.73 Å². The Hall–Kier alpha value is -2.36. The fourth-order valence-corrected chi connectivity index (χ4v) is 1.85. The van der Waals surface area contributed by atoms with Gasteiger partial charge >= 0.3 is 0 Å². The molecular weight excluding hydrogens is 243 g/mol. The molecular formula is C15H15FN2O. The van der Waals surface area contributed by atoms with Gasteiger partial charge in [-0.25, -0.2) is 4.39 Å². The van der Waals surface area contributed by atoms with Gasteiger partial charge in [0.1, 0.15) is 5.82 Å². The number of carbonyl (C=O) groups is 1. The van der Waals surface area contributed by atoms with Gasteiger partial charge in [-0.15, -0.1) is 0 Å². The fraction of sp³-hybridized carbons (Fsp3) is 0.133. The van der Waals surface area contributed by atoms with Crippen LogP contribution in [-0.4, -0.2) is 5.91 Å². The summed E-state index contributed by atoms with van der Waals surface area (Å²) >= 11 is 0. The third-order valence-electron chi connectivity index (χ3n) is 2.91. The van der Waals surface area contributed by atoms with Crippen LogP contribution in [0.15, 0.2) is 36.4 Å². The zero-order valence-corrected chi connectivity index (χ0v) is 10.8. The SMILES string of the molecule is Cc1ccc(C(=O)Nc2c(C)cccc2N)c(F)c1. The lowest BCUT2D eigenvalue weighted by Crippen LogP contribution is -2.15. The second-order valence-corrected chi connectivity index (χ2v) is 4.48. The first-order valence-corrected chi connectivity index (χ1v) is 5.91. The zero-order valence-electron chi connectivity index (χ0n) is 10.8. The van der Waals surface area contributed by atoms with Gasteiger partial charge in [-0.05, 0) is 43.2 Å². The van der Waals surface area contributed by atoms with Crippen LogP contribution in [0.25, 0.3) is 0 Å². The second-order valence-electron chi connectivity index (χ2n) is 4.48. The molecule has 19 heavy (non-hydrogen) atoms. The Labute approximate surface area is 111 Å². The Kier molecular flexibility index (Phi) is 3.51. The lowest BCUT2D eigenvalue weighted by Gasteiger charge is -2.11. The molecule has 0 aliphatic rings. The smallest absolute Gasteiger partial charge is 0.258 e. The van der Waals surface area contributed by atoms with Gasteiger partial charge in [-0.2, -0.15) is 0 Å². The predicted octanol–water partition coefficient (Wildman–Crippen LogP) is 3.28. The number of nitrogens with one attached hydrogen (secondary N) is 1. The molecule has 0 aliphatic carbocycles.